The van der Waals surface area contributed by atoms with Gasteiger partial charge in [0.05, 0.1) is 6.61 Å². The fourth-order valence-electron chi connectivity index (χ4n) is 3.59. The Morgan fingerprint density at radius 3 is 2.00 bits per heavy atom. The molecule has 0 heterocycles. The lowest BCUT2D eigenvalue weighted by Gasteiger charge is -2.29. The number of nitrogens with zero attached hydrogens (tertiary/aromatic N) is 1. The molecule has 3 rings (SSSR count). The molecule has 31 heavy (non-hydrogen) atoms. The van der Waals surface area contributed by atoms with Crippen LogP contribution < -0.4 is 4.90 Å². The molecule has 3 aromatic carbocycles. The molecule has 0 fully saturated rings. The molecule has 0 atom stereocenters. The second-order valence-electron chi connectivity index (χ2n) is 7.98. The van der Waals surface area contributed by atoms with E-state index >= 15 is 0 Å². The number of hydrogen-bond acceptors (Lipinski definition) is 3. The van der Waals surface area contributed by atoms with Gasteiger partial charge in [-0.25, -0.2) is 4.79 Å². The first-order valence-corrected chi connectivity index (χ1v) is 10.7. The zero-order valence-electron chi connectivity index (χ0n) is 18.9. The van der Waals surface area contributed by atoms with Crippen molar-refractivity contribution in [2.24, 2.45) is 0 Å². The lowest BCUT2D eigenvalue weighted by molar-refractivity contribution is -0.137. The van der Waals surface area contributed by atoms with Crippen LogP contribution in [0.25, 0.3) is 0 Å². The van der Waals surface area contributed by atoms with E-state index in [9.17, 15) is 4.79 Å². The third-order valence-electron chi connectivity index (χ3n) is 5.73. The van der Waals surface area contributed by atoms with E-state index in [1.165, 1.54) is 33.9 Å². The third-order valence-corrected chi connectivity index (χ3v) is 5.73. The number of benzene rings is 3. The zero-order chi connectivity index (χ0) is 22.4. The molecule has 0 saturated carbocycles. The predicted octanol–water partition coefficient (Wildman–Crippen LogP) is 7.05. The number of hydrogen-bond donors (Lipinski definition) is 0. The van der Waals surface area contributed by atoms with Gasteiger partial charge in [0.1, 0.15) is 0 Å². The molecule has 0 aromatic heterocycles. The summed E-state index contributed by atoms with van der Waals surface area (Å²) in [5, 5.41) is 0. The molecule has 0 saturated heterocycles. The first-order valence-electron chi connectivity index (χ1n) is 10.7. The van der Waals surface area contributed by atoms with Crippen LogP contribution in [-0.2, 0) is 16.0 Å². The van der Waals surface area contributed by atoms with Crippen molar-refractivity contribution in [3.8, 4) is 0 Å². The van der Waals surface area contributed by atoms with E-state index in [1.54, 1.807) is 0 Å². The Balaban J connectivity index is 2.01. The van der Waals surface area contributed by atoms with Gasteiger partial charge in [-0.15, -0.1) is 0 Å². The minimum absolute atomic E-state index is 0.375. The van der Waals surface area contributed by atoms with E-state index in [0.717, 1.165) is 29.9 Å². The first-order chi connectivity index (χ1) is 14.9. The highest BCUT2D eigenvalue weighted by atomic mass is 16.5. The second kappa shape index (κ2) is 10.1. The highest BCUT2D eigenvalue weighted by Crippen LogP contribution is 2.38. The van der Waals surface area contributed by atoms with E-state index in [2.05, 4.69) is 99.8 Å². The fourth-order valence-corrected chi connectivity index (χ4v) is 3.59. The Labute approximate surface area is 186 Å². The van der Waals surface area contributed by atoms with Crippen LogP contribution in [0.2, 0.25) is 0 Å². The lowest BCUT2D eigenvalue weighted by atomic mass is 10.0. The Bertz CT molecular complexity index is 1030. The normalized spacial score (nSPS) is 10.6. The lowest BCUT2D eigenvalue weighted by Crippen LogP contribution is -2.13. The summed E-state index contributed by atoms with van der Waals surface area (Å²) in [5.41, 5.74) is 9.72. The van der Waals surface area contributed by atoms with Crippen molar-refractivity contribution in [2.75, 3.05) is 11.5 Å². The largest absolute Gasteiger partial charge is 0.463 e. The Morgan fingerprint density at radius 2 is 1.45 bits per heavy atom. The van der Waals surface area contributed by atoms with Gasteiger partial charge in [0.25, 0.3) is 0 Å². The minimum Gasteiger partial charge on any atom is -0.463 e. The quantitative estimate of drug-likeness (QED) is 0.225. The summed E-state index contributed by atoms with van der Waals surface area (Å²) in [5.74, 6) is -0.375. The van der Waals surface area contributed by atoms with Gasteiger partial charge in [0, 0.05) is 23.1 Å². The van der Waals surface area contributed by atoms with Gasteiger partial charge in [-0.3, -0.25) is 0 Å². The molecule has 0 spiro atoms. The fraction of sp³-hybridized carbons (Fsp3) is 0.250. The predicted molar refractivity (Wildman–Crippen MR) is 130 cm³/mol. The van der Waals surface area contributed by atoms with E-state index < -0.39 is 0 Å². The molecule has 0 radical (unpaired) electrons. The SMILES string of the molecule is C=CC(=O)OCCCc1ccccc1N(c1ccc(C)c(C)c1)c1ccc(C)c(C)c1. The minimum atomic E-state index is -0.375. The molecule has 3 nitrogen and oxygen atoms in total. The molecule has 0 bridgehead atoms. The van der Waals surface area contributed by atoms with Crippen LogP contribution in [0.5, 0.6) is 0 Å². The monoisotopic (exact) mass is 413 g/mol. The van der Waals surface area contributed by atoms with E-state index in [1.807, 2.05) is 0 Å². The Hall–Kier alpha value is -3.33. The number of anilines is 3. The highest BCUT2D eigenvalue weighted by Gasteiger charge is 2.17. The average Bonchev–Trinajstić information content (AvgIpc) is 2.77. The molecule has 0 N–H and O–H groups in total. The highest BCUT2D eigenvalue weighted by molar-refractivity contribution is 5.81. The van der Waals surface area contributed by atoms with Crippen LogP contribution >= 0.6 is 0 Å². The van der Waals surface area contributed by atoms with Crippen LogP contribution in [0.3, 0.4) is 0 Å². The number of ether oxygens (including phenoxy) is 1. The summed E-state index contributed by atoms with van der Waals surface area (Å²) in [6, 6.07) is 21.7. The van der Waals surface area contributed by atoms with Crippen molar-refractivity contribution in [1.29, 1.82) is 0 Å². The van der Waals surface area contributed by atoms with Crippen LogP contribution in [0, 0.1) is 27.7 Å². The molecule has 0 aliphatic carbocycles. The van der Waals surface area contributed by atoms with Gasteiger partial charge in [-0.05, 0) is 98.7 Å². The molecular weight excluding hydrogens is 382 g/mol. The standard InChI is InChI=1S/C28H31NO2/c1-6-28(30)31-17-9-11-24-10-7-8-12-27(24)29(25-15-13-20(2)22(4)18-25)26-16-14-21(3)23(5)19-26/h6-8,10,12-16,18-19H,1,9,11,17H2,2-5H3. The topological polar surface area (TPSA) is 29.5 Å². The van der Waals surface area contributed by atoms with Gasteiger partial charge in [-0.1, -0.05) is 36.9 Å². The van der Waals surface area contributed by atoms with Crippen LogP contribution in [0.4, 0.5) is 17.1 Å². The second-order valence-corrected chi connectivity index (χ2v) is 7.98. The molecule has 0 amide bonds. The first kappa shape index (κ1) is 22.4. The third kappa shape index (κ3) is 5.43. The summed E-state index contributed by atoms with van der Waals surface area (Å²) in [7, 11) is 0. The summed E-state index contributed by atoms with van der Waals surface area (Å²) in [4.78, 5) is 13.7. The summed E-state index contributed by atoms with van der Waals surface area (Å²) < 4.78 is 5.17. The van der Waals surface area contributed by atoms with Crippen molar-refractivity contribution < 1.29 is 9.53 Å². The van der Waals surface area contributed by atoms with Crippen LogP contribution in [-0.4, -0.2) is 12.6 Å². The molecule has 3 heteroatoms. The Morgan fingerprint density at radius 1 is 0.871 bits per heavy atom. The van der Waals surface area contributed by atoms with Crippen molar-refractivity contribution in [3.63, 3.8) is 0 Å². The molecule has 0 aliphatic heterocycles. The van der Waals surface area contributed by atoms with E-state index in [-0.39, 0.29) is 5.97 Å². The molecule has 0 aliphatic rings. The number of esters is 1. The molecular formula is C28H31NO2. The van der Waals surface area contributed by atoms with Gasteiger partial charge in [0.2, 0.25) is 0 Å². The number of aryl methyl sites for hydroxylation is 5. The van der Waals surface area contributed by atoms with Gasteiger partial charge < -0.3 is 9.64 Å². The van der Waals surface area contributed by atoms with Crippen LogP contribution in [0.1, 0.15) is 34.2 Å². The smallest absolute Gasteiger partial charge is 0.330 e. The summed E-state index contributed by atoms with van der Waals surface area (Å²) in [6.07, 6.45) is 2.77. The van der Waals surface area contributed by atoms with Gasteiger partial charge in [0.15, 0.2) is 0 Å². The maximum absolute atomic E-state index is 11.3. The maximum atomic E-state index is 11.3. The van der Waals surface area contributed by atoms with Crippen LogP contribution in [0.15, 0.2) is 73.3 Å². The van der Waals surface area contributed by atoms with Gasteiger partial charge in [-0.2, -0.15) is 0 Å². The number of carbonyl (C=O) groups excluding carboxylic acids is 1. The average molecular weight is 414 g/mol. The molecule has 0 unspecified atom stereocenters. The van der Waals surface area contributed by atoms with E-state index in [0.29, 0.717) is 6.61 Å². The number of carbonyl (C=O) groups is 1. The van der Waals surface area contributed by atoms with Crippen molar-refractivity contribution in [1.82, 2.24) is 0 Å². The number of rotatable bonds is 8. The summed E-state index contributed by atoms with van der Waals surface area (Å²) >= 11 is 0. The Kier molecular flexibility index (Phi) is 7.30. The number of para-hydroxylation sites is 1. The maximum Gasteiger partial charge on any atom is 0.330 e. The van der Waals surface area contributed by atoms with Crippen molar-refractivity contribution >= 4 is 23.0 Å². The zero-order valence-corrected chi connectivity index (χ0v) is 18.9. The van der Waals surface area contributed by atoms with Crippen molar-refractivity contribution in [3.05, 3.63) is 101 Å². The molecule has 3 aromatic rings. The summed E-state index contributed by atoms with van der Waals surface area (Å²) in [6.45, 7) is 12.4. The van der Waals surface area contributed by atoms with E-state index in [4.69, 9.17) is 4.74 Å². The van der Waals surface area contributed by atoms with Gasteiger partial charge >= 0.3 is 5.97 Å². The molecule has 160 valence electrons. The van der Waals surface area contributed by atoms with Crippen molar-refractivity contribution in [2.45, 2.75) is 40.5 Å².